The highest BCUT2D eigenvalue weighted by Gasteiger charge is 2.25. The van der Waals surface area contributed by atoms with Gasteiger partial charge in [-0.15, -0.1) is 0 Å². The summed E-state index contributed by atoms with van der Waals surface area (Å²) in [7, 11) is 0. The Morgan fingerprint density at radius 3 is 2.94 bits per heavy atom. The van der Waals surface area contributed by atoms with Crippen molar-refractivity contribution in [1.82, 2.24) is 5.32 Å². The Balaban J connectivity index is 2.21. The maximum absolute atomic E-state index is 8.88. The number of rotatable bonds is 1. The zero-order valence-corrected chi connectivity index (χ0v) is 9.83. The van der Waals surface area contributed by atoms with Crippen LogP contribution in [-0.2, 0) is 0 Å². The maximum atomic E-state index is 8.88. The van der Waals surface area contributed by atoms with E-state index >= 15 is 0 Å². The van der Waals surface area contributed by atoms with Crippen LogP contribution in [0.1, 0.15) is 19.4 Å². The van der Waals surface area contributed by atoms with Crippen LogP contribution in [0.4, 0.5) is 5.69 Å². The summed E-state index contributed by atoms with van der Waals surface area (Å²) in [5, 5.41) is 12.4. The van der Waals surface area contributed by atoms with Crippen LogP contribution in [0.15, 0.2) is 24.3 Å². The fraction of sp³-hybridized carbons (Fsp3) is 0.462. The molecule has 1 N–H and O–H groups in total. The van der Waals surface area contributed by atoms with Gasteiger partial charge in [0.1, 0.15) is 0 Å². The topological polar surface area (TPSA) is 39.1 Å². The lowest BCUT2D eigenvalue weighted by atomic mass is 10.0. The van der Waals surface area contributed by atoms with E-state index in [4.69, 9.17) is 5.26 Å². The zero-order chi connectivity index (χ0) is 11.6. The fourth-order valence-corrected chi connectivity index (χ4v) is 2.13. The van der Waals surface area contributed by atoms with Crippen LogP contribution in [0.3, 0.4) is 0 Å². The first-order chi connectivity index (χ1) is 7.61. The lowest BCUT2D eigenvalue weighted by Gasteiger charge is -2.40. The van der Waals surface area contributed by atoms with Crippen molar-refractivity contribution < 1.29 is 0 Å². The molecule has 1 aromatic rings. The fourth-order valence-electron chi connectivity index (χ4n) is 2.13. The molecule has 0 radical (unpaired) electrons. The number of hydrogen-bond donors (Lipinski definition) is 1. The molecule has 0 spiro atoms. The van der Waals surface area contributed by atoms with Gasteiger partial charge in [0.25, 0.3) is 0 Å². The van der Waals surface area contributed by atoms with Gasteiger partial charge in [-0.3, -0.25) is 0 Å². The normalized spacial score (nSPS) is 19.2. The van der Waals surface area contributed by atoms with Crippen LogP contribution in [-0.4, -0.2) is 25.2 Å². The molecule has 0 saturated carbocycles. The molecular weight excluding hydrogens is 198 g/mol. The molecule has 0 atom stereocenters. The van der Waals surface area contributed by atoms with Gasteiger partial charge < -0.3 is 10.2 Å². The van der Waals surface area contributed by atoms with Crippen molar-refractivity contribution in [1.29, 1.82) is 5.26 Å². The molecule has 0 unspecified atom stereocenters. The number of nitrogens with zero attached hydrogens (tertiary/aromatic N) is 2. The average molecular weight is 215 g/mol. The number of hydrogen-bond acceptors (Lipinski definition) is 3. The zero-order valence-electron chi connectivity index (χ0n) is 9.83. The third kappa shape index (κ3) is 2.34. The van der Waals surface area contributed by atoms with E-state index in [1.54, 1.807) is 0 Å². The van der Waals surface area contributed by atoms with E-state index < -0.39 is 0 Å². The molecule has 0 aromatic heterocycles. The van der Waals surface area contributed by atoms with Crippen molar-refractivity contribution in [3.05, 3.63) is 29.8 Å². The molecule has 3 heteroatoms. The minimum Gasteiger partial charge on any atom is -0.368 e. The summed E-state index contributed by atoms with van der Waals surface area (Å²) < 4.78 is 0. The van der Waals surface area contributed by atoms with Crippen molar-refractivity contribution in [3.8, 4) is 6.07 Å². The second kappa shape index (κ2) is 4.15. The van der Waals surface area contributed by atoms with Gasteiger partial charge in [0.05, 0.1) is 11.6 Å². The Hall–Kier alpha value is -1.53. The van der Waals surface area contributed by atoms with Gasteiger partial charge in [0.2, 0.25) is 0 Å². The highest BCUT2D eigenvalue weighted by atomic mass is 15.2. The molecule has 1 saturated heterocycles. The molecule has 1 aliphatic rings. The molecular formula is C13H17N3. The summed E-state index contributed by atoms with van der Waals surface area (Å²) in [6.07, 6.45) is 0. The Labute approximate surface area is 96.7 Å². The summed E-state index contributed by atoms with van der Waals surface area (Å²) in [4.78, 5) is 2.33. The molecule has 84 valence electrons. The first kappa shape index (κ1) is 11.0. The molecule has 16 heavy (non-hydrogen) atoms. The second-order valence-corrected chi connectivity index (χ2v) is 4.89. The Morgan fingerprint density at radius 1 is 1.44 bits per heavy atom. The van der Waals surface area contributed by atoms with Crippen LogP contribution in [0, 0.1) is 11.3 Å². The van der Waals surface area contributed by atoms with E-state index in [-0.39, 0.29) is 5.54 Å². The molecule has 2 rings (SSSR count). The van der Waals surface area contributed by atoms with Gasteiger partial charge in [0, 0.05) is 30.9 Å². The second-order valence-electron chi connectivity index (χ2n) is 4.89. The van der Waals surface area contributed by atoms with Crippen molar-refractivity contribution >= 4 is 5.69 Å². The highest BCUT2D eigenvalue weighted by molar-refractivity contribution is 5.52. The van der Waals surface area contributed by atoms with Crippen LogP contribution in [0.2, 0.25) is 0 Å². The van der Waals surface area contributed by atoms with Crippen molar-refractivity contribution in [2.45, 2.75) is 19.4 Å². The van der Waals surface area contributed by atoms with Gasteiger partial charge in [-0.05, 0) is 32.0 Å². The van der Waals surface area contributed by atoms with E-state index in [1.807, 2.05) is 18.2 Å². The van der Waals surface area contributed by atoms with E-state index in [0.29, 0.717) is 0 Å². The number of anilines is 1. The molecule has 0 aliphatic carbocycles. The smallest absolute Gasteiger partial charge is 0.0992 e. The molecule has 0 amide bonds. The van der Waals surface area contributed by atoms with Gasteiger partial charge >= 0.3 is 0 Å². The standard InChI is InChI=1S/C13H17N3/c1-13(2)10-16(7-6-15-13)12-5-3-4-11(8-12)9-14/h3-5,8,15H,6-7,10H2,1-2H3. The van der Waals surface area contributed by atoms with Crippen LogP contribution in [0.25, 0.3) is 0 Å². The molecule has 1 heterocycles. The van der Waals surface area contributed by atoms with Gasteiger partial charge in [-0.2, -0.15) is 5.26 Å². The van der Waals surface area contributed by atoms with E-state index in [2.05, 4.69) is 36.2 Å². The summed E-state index contributed by atoms with van der Waals surface area (Å²) in [5.74, 6) is 0. The van der Waals surface area contributed by atoms with E-state index in [9.17, 15) is 0 Å². The van der Waals surface area contributed by atoms with Crippen molar-refractivity contribution in [2.75, 3.05) is 24.5 Å². The van der Waals surface area contributed by atoms with Gasteiger partial charge in [-0.25, -0.2) is 0 Å². The Kier molecular flexibility index (Phi) is 2.84. The monoisotopic (exact) mass is 215 g/mol. The summed E-state index contributed by atoms with van der Waals surface area (Å²) in [6.45, 7) is 7.37. The SMILES string of the molecule is CC1(C)CN(c2cccc(C#N)c2)CCN1. The summed E-state index contributed by atoms with van der Waals surface area (Å²) in [5.41, 5.74) is 2.02. The average Bonchev–Trinajstić information content (AvgIpc) is 2.28. The van der Waals surface area contributed by atoms with Gasteiger partial charge in [-0.1, -0.05) is 6.07 Å². The highest BCUT2D eigenvalue weighted by Crippen LogP contribution is 2.20. The van der Waals surface area contributed by atoms with Crippen LogP contribution >= 0.6 is 0 Å². The largest absolute Gasteiger partial charge is 0.368 e. The predicted molar refractivity (Wildman–Crippen MR) is 65.5 cm³/mol. The minimum atomic E-state index is 0.140. The lowest BCUT2D eigenvalue weighted by Crippen LogP contribution is -2.57. The van der Waals surface area contributed by atoms with Crippen molar-refractivity contribution in [3.63, 3.8) is 0 Å². The molecule has 1 aromatic carbocycles. The first-order valence-electron chi connectivity index (χ1n) is 5.61. The molecule has 3 nitrogen and oxygen atoms in total. The number of piperazine rings is 1. The van der Waals surface area contributed by atoms with E-state index in [1.165, 1.54) is 0 Å². The number of nitrogens with one attached hydrogen (secondary N) is 1. The van der Waals surface area contributed by atoms with Gasteiger partial charge in [0.15, 0.2) is 0 Å². The first-order valence-corrected chi connectivity index (χ1v) is 5.61. The van der Waals surface area contributed by atoms with Crippen LogP contribution in [0.5, 0.6) is 0 Å². The van der Waals surface area contributed by atoms with Crippen molar-refractivity contribution in [2.24, 2.45) is 0 Å². The summed E-state index contributed by atoms with van der Waals surface area (Å²) >= 11 is 0. The third-order valence-electron chi connectivity index (χ3n) is 2.91. The minimum absolute atomic E-state index is 0.140. The van der Waals surface area contributed by atoms with Crippen LogP contribution < -0.4 is 10.2 Å². The quantitative estimate of drug-likeness (QED) is 0.775. The summed E-state index contributed by atoms with van der Waals surface area (Å²) in [6, 6.07) is 10.0. The Bertz CT molecular complexity index is 417. The predicted octanol–water partition coefficient (Wildman–Crippen LogP) is 1.75. The Morgan fingerprint density at radius 2 is 2.25 bits per heavy atom. The number of nitriles is 1. The van der Waals surface area contributed by atoms with E-state index in [0.717, 1.165) is 30.9 Å². The maximum Gasteiger partial charge on any atom is 0.0992 e. The lowest BCUT2D eigenvalue weighted by molar-refractivity contribution is 0.353. The number of benzene rings is 1. The third-order valence-corrected chi connectivity index (χ3v) is 2.91. The molecule has 1 fully saturated rings. The molecule has 1 aliphatic heterocycles. The molecule has 0 bridgehead atoms.